The van der Waals surface area contributed by atoms with Crippen LogP contribution in [0.1, 0.15) is 29.0 Å². The van der Waals surface area contributed by atoms with Crippen molar-refractivity contribution in [1.29, 1.82) is 0 Å². The highest BCUT2D eigenvalue weighted by Crippen LogP contribution is 2.46. The van der Waals surface area contributed by atoms with Gasteiger partial charge in [0.2, 0.25) is 0 Å². The standard InChI is InChI=1S/C18H16F4N2S/c1-11-16(23)25-17(12-6-8-14(9-7-12)18(20,21)22)24(11)10-13-4-2-3-5-15(13)19/h2-9,17H,10,23H2,1H3. The molecule has 0 amide bonds. The fourth-order valence-corrected chi connectivity index (χ4v) is 3.86. The van der Waals surface area contributed by atoms with E-state index in [1.807, 2.05) is 11.8 Å². The SMILES string of the molecule is CC1=C(N)SC(c2ccc(C(F)(F)F)cc2)N1Cc1ccccc1F. The fraction of sp³-hybridized carbons (Fsp3) is 0.222. The normalized spacial score (nSPS) is 18.1. The molecule has 132 valence electrons. The van der Waals surface area contributed by atoms with Crippen molar-refractivity contribution in [3.05, 3.63) is 81.8 Å². The molecule has 2 aromatic rings. The third kappa shape index (κ3) is 3.61. The average Bonchev–Trinajstić information content (AvgIpc) is 2.84. The second-order valence-electron chi connectivity index (χ2n) is 5.76. The van der Waals surface area contributed by atoms with Crippen molar-refractivity contribution in [1.82, 2.24) is 4.90 Å². The Balaban J connectivity index is 1.89. The van der Waals surface area contributed by atoms with E-state index < -0.39 is 11.7 Å². The van der Waals surface area contributed by atoms with Crippen LogP contribution in [0.25, 0.3) is 0 Å². The van der Waals surface area contributed by atoms with Crippen molar-refractivity contribution >= 4 is 11.8 Å². The Kier molecular flexibility index (Phi) is 4.69. The smallest absolute Gasteiger partial charge is 0.392 e. The summed E-state index contributed by atoms with van der Waals surface area (Å²) < 4.78 is 52.2. The lowest BCUT2D eigenvalue weighted by molar-refractivity contribution is -0.137. The zero-order valence-corrected chi connectivity index (χ0v) is 14.2. The quantitative estimate of drug-likeness (QED) is 0.752. The molecule has 1 atom stereocenters. The third-order valence-corrected chi connectivity index (χ3v) is 5.43. The molecule has 2 aromatic carbocycles. The van der Waals surface area contributed by atoms with E-state index in [1.165, 1.54) is 30.0 Å². The summed E-state index contributed by atoms with van der Waals surface area (Å²) in [5.74, 6) is -0.322. The summed E-state index contributed by atoms with van der Waals surface area (Å²) >= 11 is 1.35. The molecule has 0 aliphatic carbocycles. The van der Waals surface area contributed by atoms with Gasteiger partial charge in [-0.05, 0) is 30.7 Å². The van der Waals surface area contributed by atoms with Gasteiger partial charge in [-0.15, -0.1) is 0 Å². The van der Waals surface area contributed by atoms with Crippen LogP contribution < -0.4 is 5.73 Å². The molecular formula is C18H16F4N2S. The van der Waals surface area contributed by atoms with Gasteiger partial charge in [0.1, 0.15) is 11.2 Å². The van der Waals surface area contributed by atoms with Gasteiger partial charge in [-0.1, -0.05) is 42.1 Å². The summed E-state index contributed by atoms with van der Waals surface area (Å²) in [4.78, 5) is 1.90. The predicted octanol–water partition coefficient (Wildman–Crippen LogP) is 5.24. The molecule has 0 fully saturated rings. The Morgan fingerprint density at radius 1 is 1.08 bits per heavy atom. The van der Waals surface area contributed by atoms with Crippen LogP contribution in [0.2, 0.25) is 0 Å². The van der Waals surface area contributed by atoms with Crippen molar-refractivity contribution < 1.29 is 17.6 Å². The molecule has 1 heterocycles. The van der Waals surface area contributed by atoms with Crippen LogP contribution >= 0.6 is 11.8 Å². The molecule has 1 aliphatic heterocycles. The summed E-state index contributed by atoms with van der Waals surface area (Å²) in [6.07, 6.45) is -4.37. The number of hydrogen-bond donors (Lipinski definition) is 1. The largest absolute Gasteiger partial charge is 0.416 e. The highest BCUT2D eigenvalue weighted by Gasteiger charge is 2.33. The van der Waals surface area contributed by atoms with E-state index in [0.29, 0.717) is 16.2 Å². The number of rotatable bonds is 3. The number of benzene rings is 2. The van der Waals surface area contributed by atoms with E-state index >= 15 is 0 Å². The van der Waals surface area contributed by atoms with Crippen LogP contribution in [0.15, 0.2) is 59.3 Å². The fourth-order valence-electron chi connectivity index (χ4n) is 2.68. The van der Waals surface area contributed by atoms with Gasteiger partial charge in [0.25, 0.3) is 0 Å². The lowest BCUT2D eigenvalue weighted by Gasteiger charge is -2.28. The number of halogens is 4. The second kappa shape index (κ2) is 6.63. The molecule has 0 bridgehead atoms. The maximum atomic E-state index is 14.0. The number of thioether (sulfide) groups is 1. The van der Waals surface area contributed by atoms with Crippen LogP contribution in [-0.4, -0.2) is 4.90 Å². The second-order valence-corrected chi connectivity index (χ2v) is 6.88. The minimum absolute atomic E-state index is 0.290. The Labute approximate surface area is 147 Å². The third-order valence-electron chi connectivity index (χ3n) is 4.13. The molecule has 0 aromatic heterocycles. The molecular weight excluding hydrogens is 352 g/mol. The lowest BCUT2D eigenvalue weighted by Crippen LogP contribution is -2.22. The summed E-state index contributed by atoms with van der Waals surface area (Å²) in [6, 6.07) is 11.4. The van der Waals surface area contributed by atoms with Crippen molar-refractivity contribution in [2.24, 2.45) is 5.73 Å². The van der Waals surface area contributed by atoms with Gasteiger partial charge in [-0.2, -0.15) is 13.2 Å². The Hall–Kier alpha value is -2.15. The van der Waals surface area contributed by atoms with E-state index in [2.05, 4.69) is 0 Å². The van der Waals surface area contributed by atoms with Crippen molar-refractivity contribution in [3.8, 4) is 0 Å². The van der Waals surface area contributed by atoms with E-state index in [0.717, 1.165) is 17.8 Å². The number of hydrogen-bond acceptors (Lipinski definition) is 3. The molecule has 0 saturated carbocycles. The first kappa shape index (κ1) is 17.7. The van der Waals surface area contributed by atoms with Gasteiger partial charge < -0.3 is 10.6 Å². The van der Waals surface area contributed by atoms with Crippen LogP contribution in [-0.2, 0) is 12.7 Å². The summed E-state index contributed by atoms with van der Waals surface area (Å²) in [7, 11) is 0. The lowest BCUT2D eigenvalue weighted by atomic mass is 10.1. The van der Waals surface area contributed by atoms with Gasteiger partial charge in [-0.3, -0.25) is 0 Å². The molecule has 1 unspecified atom stereocenters. The zero-order valence-electron chi connectivity index (χ0n) is 13.3. The molecule has 0 spiro atoms. The number of nitrogens with zero attached hydrogens (tertiary/aromatic N) is 1. The first-order valence-corrected chi connectivity index (χ1v) is 8.45. The number of allylic oxidation sites excluding steroid dienone is 1. The van der Waals surface area contributed by atoms with Crippen LogP contribution in [0.5, 0.6) is 0 Å². The number of nitrogens with two attached hydrogens (primary N) is 1. The summed E-state index contributed by atoms with van der Waals surface area (Å²) in [6.45, 7) is 2.12. The van der Waals surface area contributed by atoms with Gasteiger partial charge in [0.05, 0.1) is 10.6 Å². The summed E-state index contributed by atoms with van der Waals surface area (Å²) in [5.41, 5.74) is 7.31. The monoisotopic (exact) mass is 368 g/mol. The molecule has 25 heavy (non-hydrogen) atoms. The Morgan fingerprint density at radius 2 is 1.72 bits per heavy atom. The minimum atomic E-state index is -4.37. The first-order valence-electron chi connectivity index (χ1n) is 7.57. The summed E-state index contributed by atoms with van der Waals surface area (Å²) in [5, 5.41) is 0.295. The van der Waals surface area contributed by atoms with Crippen molar-refractivity contribution in [3.63, 3.8) is 0 Å². The van der Waals surface area contributed by atoms with Crippen LogP contribution in [0, 0.1) is 5.82 Å². The van der Waals surface area contributed by atoms with Gasteiger partial charge in [-0.25, -0.2) is 4.39 Å². The first-order chi connectivity index (χ1) is 11.8. The van der Waals surface area contributed by atoms with E-state index in [4.69, 9.17) is 5.73 Å². The maximum Gasteiger partial charge on any atom is 0.416 e. The van der Waals surface area contributed by atoms with Gasteiger partial charge in [0, 0.05) is 17.8 Å². The topological polar surface area (TPSA) is 29.3 Å². The van der Waals surface area contributed by atoms with E-state index in [9.17, 15) is 17.6 Å². The average molecular weight is 368 g/mol. The van der Waals surface area contributed by atoms with Crippen molar-refractivity contribution in [2.45, 2.75) is 25.0 Å². The molecule has 7 heteroatoms. The highest BCUT2D eigenvalue weighted by atomic mass is 32.2. The van der Waals surface area contributed by atoms with E-state index in [1.54, 1.807) is 18.2 Å². The molecule has 2 nitrogen and oxygen atoms in total. The Morgan fingerprint density at radius 3 is 2.32 bits per heavy atom. The highest BCUT2D eigenvalue weighted by molar-refractivity contribution is 8.03. The van der Waals surface area contributed by atoms with E-state index in [-0.39, 0.29) is 17.7 Å². The van der Waals surface area contributed by atoms with Gasteiger partial charge in [0.15, 0.2) is 0 Å². The predicted molar refractivity (Wildman–Crippen MR) is 90.6 cm³/mol. The van der Waals surface area contributed by atoms with Crippen molar-refractivity contribution in [2.75, 3.05) is 0 Å². The molecule has 3 rings (SSSR count). The Bertz CT molecular complexity index is 799. The maximum absolute atomic E-state index is 14.0. The molecule has 1 aliphatic rings. The molecule has 0 radical (unpaired) electrons. The molecule has 2 N–H and O–H groups in total. The number of alkyl halides is 3. The molecule has 0 saturated heterocycles. The van der Waals surface area contributed by atoms with Crippen LogP contribution in [0.4, 0.5) is 17.6 Å². The minimum Gasteiger partial charge on any atom is -0.392 e. The van der Waals surface area contributed by atoms with Crippen LogP contribution in [0.3, 0.4) is 0 Å². The van der Waals surface area contributed by atoms with Gasteiger partial charge >= 0.3 is 6.18 Å². The zero-order chi connectivity index (χ0) is 18.2.